The Bertz CT molecular complexity index is 507. The van der Waals surface area contributed by atoms with Crippen LogP contribution in [0.15, 0.2) is 12.1 Å². The van der Waals surface area contributed by atoms with Crippen LogP contribution in [0.2, 0.25) is 0 Å². The van der Waals surface area contributed by atoms with E-state index in [1.807, 2.05) is 12.1 Å². The summed E-state index contributed by atoms with van der Waals surface area (Å²) in [6.45, 7) is 0. The van der Waals surface area contributed by atoms with Gasteiger partial charge >= 0.3 is 0 Å². The first kappa shape index (κ1) is 12.5. The van der Waals surface area contributed by atoms with Gasteiger partial charge in [-0.1, -0.05) is 12.8 Å². The van der Waals surface area contributed by atoms with Gasteiger partial charge in [-0.2, -0.15) is 0 Å². The summed E-state index contributed by atoms with van der Waals surface area (Å²) < 4.78 is 10.8. The molecule has 102 valence electrons. The fourth-order valence-electron chi connectivity index (χ4n) is 3.68. The van der Waals surface area contributed by atoms with E-state index in [1.165, 1.54) is 25.7 Å². The summed E-state index contributed by atoms with van der Waals surface area (Å²) in [6.07, 6.45) is 5.55. The molecule has 0 amide bonds. The van der Waals surface area contributed by atoms with Crippen LogP contribution in [0.1, 0.15) is 53.9 Å². The predicted molar refractivity (Wildman–Crippen MR) is 73.2 cm³/mol. The molecule has 1 fully saturated rings. The topological polar surface area (TPSA) is 35.5 Å². The van der Waals surface area contributed by atoms with Crippen molar-refractivity contribution in [3.8, 4) is 11.5 Å². The molecule has 0 radical (unpaired) electrons. The Morgan fingerprint density at radius 3 is 2.63 bits per heavy atom. The lowest BCUT2D eigenvalue weighted by Gasteiger charge is -2.37. The summed E-state index contributed by atoms with van der Waals surface area (Å²) in [5.41, 5.74) is 1.95. The third-order valence-electron chi connectivity index (χ3n) is 4.60. The Morgan fingerprint density at radius 1 is 1.11 bits per heavy atom. The molecule has 3 heteroatoms. The predicted octanol–water partition coefficient (Wildman–Crippen LogP) is 3.56. The first-order valence-corrected chi connectivity index (χ1v) is 7.03. The first-order chi connectivity index (χ1) is 9.24. The third kappa shape index (κ3) is 2.01. The van der Waals surface area contributed by atoms with E-state index in [4.69, 9.17) is 9.47 Å². The van der Waals surface area contributed by atoms with Crippen molar-refractivity contribution in [2.75, 3.05) is 14.2 Å². The van der Waals surface area contributed by atoms with Crippen LogP contribution in [-0.2, 0) is 0 Å². The molecule has 1 saturated carbocycles. The number of fused-ring (bicyclic) bond motifs is 3. The molecule has 0 aliphatic heterocycles. The van der Waals surface area contributed by atoms with Crippen molar-refractivity contribution < 1.29 is 14.3 Å². The number of hydrogen-bond donors (Lipinski definition) is 0. The minimum absolute atomic E-state index is 0.234. The van der Waals surface area contributed by atoms with Gasteiger partial charge in [-0.3, -0.25) is 4.79 Å². The fourth-order valence-corrected chi connectivity index (χ4v) is 3.68. The third-order valence-corrected chi connectivity index (χ3v) is 4.60. The number of benzene rings is 1. The zero-order valence-electron chi connectivity index (χ0n) is 11.6. The number of ether oxygens (including phenoxy) is 2. The molecule has 3 rings (SSSR count). The maximum absolute atomic E-state index is 12.4. The lowest BCUT2D eigenvalue weighted by molar-refractivity contribution is 0.0915. The average molecular weight is 260 g/mol. The Morgan fingerprint density at radius 2 is 1.89 bits per heavy atom. The molecule has 0 aromatic heterocycles. The lowest BCUT2D eigenvalue weighted by atomic mass is 9.67. The van der Waals surface area contributed by atoms with E-state index in [9.17, 15) is 4.79 Å². The average Bonchev–Trinajstić information content (AvgIpc) is 2.46. The minimum atomic E-state index is 0.234. The SMILES string of the molecule is COc1cc(OC)c2c(c1)[C@@H]1CCCC[C@H]1CC2=O. The number of carbonyl (C=O) groups is 1. The monoisotopic (exact) mass is 260 g/mol. The second kappa shape index (κ2) is 4.87. The van der Waals surface area contributed by atoms with Crippen molar-refractivity contribution in [3.05, 3.63) is 23.3 Å². The molecule has 0 heterocycles. The Hall–Kier alpha value is -1.51. The molecule has 0 saturated heterocycles. The van der Waals surface area contributed by atoms with Crippen LogP contribution in [0.5, 0.6) is 11.5 Å². The molecule has 1 aromatic carbocycles. The van der Waals surface area contributed by atoms with E-state index in [2.05, 4.69) is 0 Å². The number of ketones is 1. The number of rotatable bonds is 2. The summed E-state index contributed by atoms with van der Waals surface area (Å²) in [6, 6.07) is 3.86. The number of carbonyl (C=O) groups excluding carboxylic acids is 1. The zero-order valence-corrected chi connectivity index (χ0v) is 11.6. The van der Waals surface area contributed by atoms with Crippen molar-refractivity contribution in [1.82, 2.24) is 0 Å². The van der Waals surface area contributed by atoms with E-state index in [0.717, 1.165) is 16.9 Å². The molecular weight excluding hydrogens is 240 g/mol. The first-order valence-electron chi connectivity index (χ1n) is 7.03. The van der Waals surface area contributed by atoms with Gasteiger partial charge in [0.05, 0.1) is 19.8 Å². The van der Waals surface area contributed by atoms with Crippen molar-refractivity contribution in [2.24, 2.45) is 5.92 Å². The molecule has 1 aromatic rings. The second-order valence-corrected chi connectivity index (χ2v) is 5.57. The largest absolute Gasteiger partial charge is 0.497 e. The van der Waals surface area contributed by atoms with Gasteiger partial charge in [-0.15, -0.1) is 0 Å². The van der Waals surface area contributed by atoms with Crippen LogP contribution in [0.25, 0.3) is 0 Å². The van der Waals surface area contributed by atoms with E-state index in [1.54, 1.807) is 14.2 Å². The molecule has 19 heavy (non-hydrogen) atoms. The van der Waals surface area contributed by atoms with Crippen LogP contribution >= 0.6 is 0 Å². The summed E-state index contributed by atoms with van der Waals surface area (Å²) >= 11 is 0. The molecule has 0 N–H and O–H groups in total. The second-order valence-electron chi connectivity index (χ2n) is 5.57. The highest BCUT2D eigenvalue weighted by molar-refractivity contribution is 6.02. The van der Waals surface area contributed by atoms with Crippen molar-refractivity contribution in [1.29, 1.82) is 0 Å². The van der Waals surface area contributed by atoms with E-state index in [0.29, 0.717) is 24.0 Å². The molecule has 3 nitrogen and oxygen atoms in total. The van der Waals surface area contributed by atoms with Gasteiger partial charge in [0, 0.05) is 12.5 Å². The maximum Gasteiger partial charge on any atom is 0.167 e. The molecule has 2 aliphatic carbocycles. The molecule has 0 bridgehead atoms. The number of methoxy groups -OCH3 is 2. The Labute approximate surface area is 113 Å². The van der Waals surface area contributed by atoms with Crippen LogP contribution in [0.4, 0.5) is 0 Å². The highest BCUT2D eigenvalue weighted by Gasteiger charge is 2.37. The summed E-state index contributed by atoms with van der Waals surface area (Å²) in [5.74, 6) is 2.71. The highest BCUT2D eigenvalue weighted by atomic mass is 16.5. The van der Waals surface area contributed by atoms with Crippen LogP contribution in [-0.4, -0.2) is 20.0 Å². The van der Waals surface area contributed by atoms with Gasteiger partial charge in [-0.25, -0.2) is 0 Å². The van der Waals surface area contributed by atoms with Gasteiger partial charge in [0.25, 0.3) is 0 Å². The quantitative estimate of drug-likeness (QED) is 0.815. The maximum atomic E-state index is 12.4. The summed E-state index contributed by atoms with van der Waals surface area (Å²) in [7, 11) is 3.28. The van der Waals surface area contributed by atoms with Crippen LogP contribution in [0, 0.1) is 5.92 Å². The van der Waals surface area contributed by atoms with Crippen LogP contribution < -0.4 is 9.47 Å². The zero-order chi connectivity index (χ0) is 13.4. The van der Waals surface area contributed by atoms with Gasteiger partial charge in [0.1, 0.15) is 11.5 Å². The smallest absolute Gasteiger partial charge is 0.167 e. The minimum Gasteiger partial charge on any atom is -0.497 e. The van der Waals surface area contributed by atoms with Crippen molar-refractivity contribution >= 4 is 5.78 Å². The Kier molecular flexibility index (Phi) is 3.21. The van der Waals surface area contributed by atoms with Crippen molar-refractivity contribution in [2.45, 2.75) is 38.0 Å². The Balaban J connectivity index is 2.14. The highest BCUT2D eigenvalue weighted by Crippen LogP contribution is 2.48. The molecule has 2 aliphatic rings. The molecule has 0 unspecified atom stereocenters. The summed E-state index contributed by atoms with van der Waals surface area (Å²) in [5, 5.41) is 0. The normalized spacial score (nSPS) is 25.5. The van der Waals surface area contributed by atoms with Gasteiger partial charge < -0.3 is 9.47 Å². The van der Waals surface area contributed by atoms with Gasteiger partial charge in [0.15, 0.2) is 5.78 Å². The molecular formula is C16H20O3. The number of Topliss-reactive ketones (excluding diaryl/α,β-unsaturated/α-hetero) is 1. The molecule has 0 spiro atoms. The van der Waals surface area contributed by atoms with E-state index in [-0.39, 0.29) is 5.78 Å². The lowest BCUT2D eigenvalue weighted by Crippen LogP contribution is -2.28. The van der Waals surface area contributed by atoms with E-state index < -0.39 is 0 Å². The van der Waals surface area contributed by atoms with Gasteiger partial charge in [-0.05, 0) is 36.3 Å². The van der Waals surface area contributed by atoms with Crippen molar-refractivity contribution in [3.63, 3.8) is 0 Å². The van der Waals surface area contributed by atoms with Crippen LogP contribution in [0.3, 0.4) is 0 Å². The number of hydrogen-bond acceptors (Lipinski definition) is 3. The molecule has 2 atom stereocenters. The fraction of sp³-hybridized carbons (Fsp3) is 0.562. The standard InChI is InChI=1S/C16H20O3/c1-18-11-8-13-12-6-4-3-5-10(12)7-14(17)16(13)15(9-11)19-2/h8-10,12H,3-7H2,1-2H3/t10-,12+/m0/s1. The van der Waals surface area contributed by atoms with E-state index >= 15 is 0 Å². The summed E-state index contributed by atoms with van der Waals surface area (Å²) in [4.78, 5) is 12.4. The van der Waals surface area contributed by atoms with Gasteiger partial charge in [0.2, 0.25) is 0 Å².